The number of carboxylic acids is 1. The standard InChI is InChI=1S/C22H34O3/c1-5-8-14(2)21-16(4)13-18-19(23)12-11-15(3)22(18)17(21)9-6-7-10-20(24)25/h6-10,15-19,21-23H,5,11-13H2,1-4H3,(H,24,25)/t15-,16+,17+,18-,19-,21+,22-/m0/s1. The number of fused-ring (bicyclic) bond motifs is 1. The van der Waals surface area contributed by atoms with Crippen LogP contribution >= 0.6 is 0 Å². The van der Waals surface area contributed by atoms with E-state index < -0.39 is 5.97 Å². The molecular weight excluding hydrogens is 312 g/mol. The van der Waals surface area contributed by atoms with Crippen LogP contribution in [0.5, 0.6) is 0 Å². The molecule has 2 rings (SSSR count). The van der Waals surface area contributed by atoms with Gasteiger partial charge in [0.1, 0.15) is 0 Å². The van der Waals surface area contributed by atoms with Crippen molar-refractivity contribution in [2.75, 3.05) is 0 Å². The van der Waals surface area contributed by atoms with Crippen molar-refractivity contribution in [1.29, 1.82) is 0 Å². The Labute approximate surface area is 152 Å². The molecule has 0 unspecified atom stereocenters. The molecule has 2 aliphatic rings. The maximum atomic E-state index is 10.7. The van der Waals surface area contributed by atoms with E-state index in [0.29, 0.717) is 35.5 Å². The van der Waals surface area contributed by atoms with Crippen LogP contribution in [-0.2, 0) is 4.79 Å². The van der Waals surface area contributed by atoms with Crippen molar-refractivity contribution in [2.45, 2.75) is 59.5 Å². The number of hydrogen-bond acceptors (Lipinski definition) is 2. The van der Waals surface area contributed by atoms with Gasteiger partial charge >= 0.3 is 5.97 Å². The van der Waals surface area contributed by atoms with Crippen molar-refractivity contribution in [2.24, 2.45) is 35.5 Å². The van der Waals surface area contributed by atoms with Crippen molar-refractivity contribution in [1.82, 2.24) is 0 Å². The van der Waals surface area contributed by atoms with Crippen LogP contribution in [0.2, 0.25) is 0 Å². The molecule has 3 heteroatoms. The zero-order chi connectivity index (χ0) is 18.6. The Kier molecular flexibility index (Phi) is 7.06. The first-order valence-corrected chi connectivity index (χ1v) is 9.79. The van der Waals surface area contributed by atoms with Gasteiger partial charge in [-0.3, -0.25) is 0 Å². The summed E-state index contributed by atoms with van der Waals surface area (Å²) >= 11 is 0. The van der Waals surface area contributed by atoms with Crippen LogP contribution in [0.1, 0.15) is 53.4 Å². The van der Waals surface area contributed by atoms with Gasteiger partial charge in [0.05, 0.1) is 6.10 Å². The Balaban J connectivity index is 2.37. The Bertz CT molecular complexity index is 545. The summed E-state index contributed by atoms with van der Waals surface area (Å²) in [6, 6.07) is 0. The van der Waals surface area contributed by atoms with Gasteiger partial charge in [0.2, 0.25) is 0 Å². The highest BCUT2D eigenvalue weighted by molar-refractivity contribution is 5.80. The number of aliphatic hydroxyl groups is 1. The van der Waals surface area contributed by atoms with E-state index in [4.69, 9.17) is 5.11 Å². The van der Waals surface area contributed by atoms with Gasteiger partial charge in [-0.2, -0.15) is 0 Å². The number of carbonyl (C=O) groups is 1. The molecule has 0 aromatic heterocycles. The largest absolute Gasteiger partial charge is 0.478 e. The fourth-order valence-electron chi connectivity index (χ4n) is 5.48. The summed E-state index contributed by atoms with van der Waals surface area (Å²) in [7, 11) is 0. The summed E-state index contributed by atoms with van der Waals surface area (Å²) in [5.41, 5.74) is 1.44. The third-order valence-electron chi connectivity index (χ3n) is 6.41. The van der Waals surface area contributed by atoms with Gasteiger partial charge in [0.25, 0.3) is 0 Å². The summed E-state index contributed by atoms with van der Waals surface area (Å²) in [5, 5.41) is 19.4. The molecule has 0 bridgehead atoms. The Hall–Kier alpha value is -1.35. The highest BCUT2D eigenvalue weighted by Gasteiger charge is 2.48. The van der Waals surface area contributed by atoms with E-state index in [2.05, 4.69) is 39.8 Å². The number of aliphatic hydroxyl groups excluding tert-OH is 1. The molecule has 0 aliphatic heterocycles. The van der Waals surface area contributed by atoms with Crippen molar-refractivity contribution in [3.05, 3.63) is 36.0 Å². The fourth-order valence-corrected chi connectivity index (χ4v) is 5.48. The molecule has 0 spiro atoms. The monoisotopic (exact) mass is 346 g/mol. The van der Waals surface area contributed by atoms with Crippen molar-refractivity contribution < 1.29 is 15.0 Å². The molecule has 2 aliphatic carbocycles. The van der Waals surface area contributed by atoms with Gasteiger partial charge in [-0.15, -0.1) is 0 Å². The first-order valence-electron chi connectivity index (χ1n) is 9.79. The molecular formula is C22H34O3. The number of hydrogen-bond donors (Lipinski definition) is 2. The number of allylic oxidation sites excluding steroid dienone is 5. The average Bonchev–Trinajstić information content (AvgIpc) is 2.54. The smallest absolute Gasteiger partial charge is 0.328 e. The second kappa shape index (κ2) is 8.84. The van der Waals surface area contributed by atoms with Crippen LogP contribution in [0, 0.1) is 35.5 Å². The van der Waals surface area contributed by atoms with Crippen LogP contribution in [0.15, 0.2) is 36.0 Å². The third-order valence-corrected chi connectivity index (χ3v) is 6.41. The van der Waals surface area contributed by atoms with E-state index in [1.807, 2.05) is 6.08 Å². The molecule has 0 aromatic rings. The predicted molar refractivity (Wildman–Crippen MR) is 102 cm³/mol. The molecule has 3 nitrogen and oxygen atoms in total. The highest BCUT2D eigenvalue weighted by Crippen LogP contribution is 2.53. The summed E-state index contributed by atoms with van der Waals surface area (Å²) in [6.07, 6.45) is 13.2. The lowest BCUT2D eigenvalue weighted by atomic mass is 9.53. The zero-order valence-corrected chi connectivity index (χ0v) is 16.1. The lowest BCUT2D eigenvalue weighted by molar-refractivity contribution is -0.131. The van der Waals surface area contributed by atoms with Gasteiger partial charge in [-0.25, -0.2) is 4.79 Å². The van der Waals surface area contributed by atoms with E-state index in [1.54, 1.807) is 6.08 Å². The average molecular weight is 347 g/mol. The van der Waals surface area contributed by atoms with Crippen LogP contribution in [-0.4, -0.2) is 22.3 Å². The third kappa shape index (κ3) is 4.63. The second-order valence-corrected chi connectivity index (χ2v) is 8.12. The molecule has 2 fully saturated rings. The molecule has 2 saturated carbocycles. The molecule has 0 heterocycles. The van der Waals surface area contributed by atoms with Crippen LogP contribution < -0.4 is 0 Å². The Morgan fingerprint density at radius 2 is 1.88 bits per heavy atom. The normalized spacial score (nSPS) is 39.7. The van der Waals surface area contributed by atoms with E-state index in [1.165, 1.54) is 11.6 Å². The minimum atomic E-state index is -0.917. The molecule has 7 atom stereocenters. The molecule has 2 N–H and O–H groups in total. The van der Waals surface area contributed by atoms with Gasteiger partial charge in [-0.1, -0.05) is 50.6 Å². The summed E-state index contributed by atoms with van der Waals surface area (Å²) in [5.74, 6) is 1.88. The van der Waals surface area contributed by atoms with Crippen molar-refractivity contribution in [3.63, 3.8) is 0 Å². The molecule has 0 amide bonds. The predicted octanol–water partition coefficient (Wildman–Crippen LogP) is 4.84. The first kappa shape index (κ1) is 20.0. The SMILES string of the molecule is CCC=C(C)[C@H]1[C@@H](C=CC=CC(=O)O)[C@H]2[C@@H](C[C@H]1C)[C@@H](O)CC[C@@H]2C. The van der Waals surface area contributed by atoms with Gasteiger partial charge in [0.15, 0.2) is 0 Å². The number of carboxylic acid groups (broad SMARTS) is 1. The molecule has 140 valence electrons. The minimum absolute atomic E-state index is 0.189. The summed E-state index contributed by atoms with van der Waals surface area (Å²) in [4.78, 5) is 10.7. The molecule has 0 aromatic carbocycles. The lowest BCUT2D eigenvalue weighted by Gasteiger charge is -2.52. The van der Waals surface area contributed by atoms with Gasteiger partial charge in [0, 0.05) is 6.08 Å². The van der Waals surface area contributed by atoms with Crippen LogP contribution in [0.25, 0.3) is 0 Å². The Morgan fingerprint density at radius 3 is 2.52 bits per heavy atom. The minimum Gasteiger partial charge on any atom is -0.478 e. The lowest BCUT2D eigenvalue weighted by Crippen LogP contribution is -2.48. The van der Waals surface area contributed by atoms with E-state index in [0.717, 1.165) is 25.7 Å². The topological polar surface area (TPSA) is 57.5 Å². The van der Waals surface area contributed by atoms with E-state index in [9.17, 15) is 9.90 Å². The van der Waals surface area contributed by atoms with Crippen LogP contribution in [0.4, 0.5) is 0 Å². The van der Waals surface area contributed by atoms with Crippen molar-refractivity contribution in [3.8, 4) is 0 Å². The zero-order valence-electron chi connectivity index (χ0n) is 16.1. The highest BCUT2D eigenvalue weighted by atomic mass is 16.4. The van der Waals surface area contributed by atoms with Gasteiger partial charge < -0.3 is 10.2 Å². The number of rotatable bonds is 5. The first-order chi connectivity index (χ1) is 11.9. The quantitative estimate of drug-likeness (QED) is 0.426. The molecule has 0 saturated heterocycles. The maximum absolute atomic E-state index is 10.7. The Morgan fingerprint density at radius 1 is 1.16 bits per heavy atom. The summed E-state index contributed by atoms with van der Waals surface area (Å²) < 4.78 is 0. The molecule has 25 heavy (non-hydrogen) atoms. The summed E-state index contributed by atoms with van der Waals surface area (Å²) in [6.45, 7) is 9.05. The van der Waals surface area contributed by atoms with E-state index >= 15 is 0 Å². The fraction of sp³-hybridized carbons (Fsp3) is 0.682. The van der Waals surface area contributed by atoms with Gasteiger partial charge in [-0.05, 0) is 68.1 Å². The second-order valence-electron chi connectivity index (χ2n) is 8.12. The molecule has 0 radical (unpaired) electrons. The number of aliphatic carboxylic acids is 1. The van der Waals surface area contributed by atoms with Crippen LogP contribution in [0.3, 0.4) is 0 Å². The van der Waals surface area contributed by atoms with E-state index in [-0.39, 0.29) is 6.10 Å². The maximum Gasteiger partial charge on any atom is 0.328 e. The van der Waals surface area contributed by atoms with Crippen molar-refractivity contribution >= 4 is 5.97 Å².